The van der Waals surface area contributed by atoms with Crippen LogP contribution < -0.4 is 4.74 Å². The number of carbonyl (C=O) groups excluding carboxylic acids is 1. The minimum absolute atomic E-state index is 0.201. The summed E-state index contributed by atoms with van der Waals surface area (Å²) < 4.78 is 11.7. The molecule has 1 aromatic carbocycles. The van der Waals surface area contributed by atoms with Crippen LogP contribution in [-0.4, -0.2) is 46.7 Å². The van der Waals surface area contributed by atoms with Gasteiger partial charge in [0.25, 0.3) is 0 Å². The number of nitrogens with zero attached hydrogens (tertiary/aromatic N) is 2. The molecule has 198 valence electrons. The second-order valence-electron chi connectivity index (χ2n) is 10.3. The van der Waals surface area contributed by atoms with E-state index in [0.717, 1.165) is 48.3 Å². The van der Waals surface area contributed by atoms with Crippen LogP contribution >= 0.6 is 11.6 Å². The normalized spacial score (nSPS) is 21.6. The molecule has 1 aromatic heterocycles. The summed E-state index contributed by atoms with van der Waals surface area (Å²) in [4.78, 5) is 19.7. The van der Waals surface area contributed by atoms with Crippen molar-refractivity contribution >= 4 is 23.1 Å². The van der Waals surface area contributed by atoms with E-state index < -0.39 is 11.5 Å². The highest BCUT2D eigenvalue weighted by atomic mass is 35.5. The number of benzene rings is 1. The standard InChI is InChI=1S/C31H33ClN2O4/c1-21(2)37-30(35)26-7-3-9-28-27(26)20-22(25-8-4-16-33-29(25)38-28)6-5-17-34-18-14-31(36,15-19-34)23-10-12-24(32)13-11-23/h3-4,6-13,16,20-21,26,36H,5,14-15,17-19H2,1-2H3. The Bertz CT molecular complexity index is 1300. The molecule has 0 amide bonds. The van der Waals surface area contributed by atoms with Gasteiger partial charge in [-0.1, -0.05) is 42.0 Å². The first-order valence-corrected chi connectivity index (χ1v) is 13.6. The molecular weight excluding hydrogens is 500 g/mol. The van der Waals surface area contributed by atoms with Crippen LogP contribution in [0, 0.1) is 5.92 Å². The Hall–Kier alpha value is -3.19. The number of aliphatic hydroxyl groups is 1. The van der Waals surface area contributed by atoms with Crippen LogP contribution in [0.2, 0.25) is 5.02 Å². The van der Waals surface area contributed by atoms with Gasteiger partial charge in [0, 0.05) is 42.0 Å². The number of rotatable bonds is 6. The number of hydrogen-bond acceptors (Lipinski definition) is 6. The van der Waals surface area contributed by atoms with Crippen LogP contribution in [0.3, 0.4) is 0 Å². The fourth-order valence-corrected chi connectivity index (χ4v) is 5.31. The van der Waals surface area contributed by atoms with E-state index in [1.807, 2.05) is 74.5 Å². The van der Waals surface area contributed by atoms with Crippen molar-refractivity contribution in [2.45, 2.75) is 44.8 Å². The molecule has 1 fully saturated rings. The fourth-order valence-electron chi connectivity index (χ4n) is 5.18. The number of pyridine rings is 1. The minimum atomic E-state index is -0.815. The molecule has 0 radical (unpaired) electrons. The lowest BCUT2D eigenvalue weighted by atomic mass is 9.84. The van der Waals surface area contributed by atoms with Crippen molar-refractivity contribution in [3.63, 3.8) is 0 Å². The van der Waals surface area contributed by atoms with Gasteiger partial charge in [0.2, 0.25) is 5.88 Å². The second kappa shape index (κ2) is 11.3. The number of esters is 1. The number of aromatic nitrogens is 1. The summed E-state index contributed by atoms with van der Waals surface area (Å²) in [5.41, 5.74) is 2.74. The van der Waals surface area contributed by atoms with E-state index in [0.29, 0.717) is 29.5 Å². The highest BCUT2D eigenvalue weighted by Crippen LogP contribution is 2.38. The van der Waals surface area contributed by atoms with Crippen molar-refractivity contribution in [2.24, 2.45) is 5.92 Å². The summed E-state index contributed by atoms with van der Waals surface area (Å²) in [6.45, 7) is 6.18. The van der Waals surface area contributed by atoms with Crippen molar-refractivity contribution in [3.05, 3.63) is 100 Å². The van der Waals surface area contributed by atoms with E-state index >= 15 is 0 Å². The lowest BCUT2D eigenvalue weighted by Crippen LogP contribution is -2.42. The molecule has 1 saturated heterocycles. The van der Waals surface area contributed by atoms with Crippen LogP contribution in [-0.2, 0) is 15.1 Å². The molecule has 2 aromatic rings. The number of halogens is 1. The second-order valence-corrected chi connectivity index (χ2v) is 10.7. The van der Waals surface area contributed by atoms with Gasteiger partial charge in [-0.15, -0.1) is 0 Å². The molecular formula is C31H33ClN2O4. The van der Waals surface area contributed by atoms with E-state index in [9.17, 15) is 9.90 Å². The Balaban J connectivity index is 1.31. The van der Waals surface area contributed by atoms with Gasteiger partial charge in [0.15, 0.2) is 0 Å². The zero-order valence-corrected chi connectivity index (χ0v) is 22.5. The number of hydrogen-bond donors (Lipinski definition) is 1. The molecule has 38 heavy (non-hydrogen) atoms. The molecule has 1 unspecified atom stereocenters. The van der Waals surface area contributed by atoms with Crippen molar-refractivity contribution < 1.29 is 19.4 Å². The van der Waals surface area contributed by atoms with Crippen molar-refractivity contribution in [1.29, 1.82) is 0 Å². The number of fused-ring (bicyclic) bond motifs is 2. The smallest absolute Gasteiger partial charge is 0.317 e. The third kappa shape index (κ3) is 5.78. The summed E-state index contributed by atoms with van der Waals surface area (Å²) in [5.74, 6) is 0.298. The lowest BCUT2D eigenvalue weighted by molar-refractivity contribution is -0.149. The van der Waals surface area contributed by atoms with Crippen molar-refractivity contribution in [3.8, 4) is 5.88 Å². The van der Waals surface area contributed by atoms with Gasteiger partial charge in [0.1, 0.15) is 11.7 Å². The van der Waals surface area contributed by atoms with E-state index in [4.69, 9.17) is 21.1 Å². The Morgan fingerprint density at radius 3 is 2.76 bits per heavy atom. The summed E-state index contributed by atoms with van der Waals surface area (Å²) in [6.07, 6.45) is 13.4. The first-order chi connectivity index (χ1) is 18.3. The van der Waals surface area contributed by atoms with Crippen LogP contribution in [0.1, 0.15) is 44.2 Å². The largest absolute Gasteiger partial charge is 0.462 e. The maximum atomic E-state index is 12.9. The fraction of sp³-hybridized carbons (Fsp3) is 0.355. The molecule has 3 aliphatic rings. The van der Waals surface area contributed by atoms with Gasteiger partial charge < -0.3 is 19.5 Å². The maximum Gasteiger partial charge on any atom is 0.317 e. The monoisotopic (exact) mass is 532 g/mol. The van der Waals surface area contributed by atoms with E-state index in [-0.39, 0.29) is 12.1 Å². The molecule has 2 aliphatic heterocycles. The van der Waals surface area contributed by atoms with E-state index in [1.54, 1.807) is 6.20 Å². The van der Waals surface area contributed by atoms with E-state index in [1.165, 1.54) is 0 Å². The molecule has 1 N–H and O–H groups in total. The Morgan fingerprint density at radius 2 is 2.03 bits per heavy atom. The quantitative estimate of drug-likeness (QED) is 0.472. The molecule has 1 atom stereocenters. The van der Waals surface area contributed by atoms with Crippen LogP contribution in [0.4, 0.5) is 0 Å². The predicted octanol–water partition coefficient (Wildman–Crippen LogP) is 5.83. The van der Waals surface area contributed by atoms with Gasteiger partial charge in [-0.25, -0.2) is 4.98 Å². The van der Waals surface area contributed by atoms with Crippen LogP contribution in [0.15, 0.2) is 84.3 Å². The molecule has 0 saturated carbocycles. The van der Waals surface area contributed by atoms with Gasteiger partial charge in [-0.05, 0) is 80.7 Å². The summed E-state index contributed by atoms with van der Waals surface area (Å²) in [5, 5.41) is 11.9. The summed E-state index contributed by atoms with van der Waals surface area (Å²) >= 11 is 6.02. The minimum Gasteiger partial charge on any atom is -0.462 e. The Labute approximate surface area is 228 Å². The Kier molecular flexibility index (Phi) is 7.84. The predicted molar refractivity (Wildman–Crippen MR) is 149 cm³/mol. The number of likely N-dealkylation sites (tertiary alicyclic amines) is 1. The highest BCUT2D eigenvalue weighted by Gasteiger charge is 2.34. The van der Waals surface area contributed by atoms with Gasteiger partial charge in [-0.3, -0.25) is 4.79 Å². The molecule has 7 heteroatoms. The highest BCUT2D eigenvalue weighted by molar-refractivity contribution is 6.30. The molecule has 3 heterocycles. The number of allylic oxidation sites excluding steroid dienone is 5. The van der Waals surface area contributed by atoms with Crippen molar-refractivity contribution in [2.75, 3.05) is 19.6 Å². The topological polar surface area (TPSA) is 71.9 Å². The zero-order valence-electron chi connectivity index (χ0n) is 21.8. The molecule has 0 bridgehead atoms. The number of piperidine rings is 1. The van der Waals surface area contributed by atoms with Crippen LogP contribution in [0.5, 0.6) is 5.88 Å². The van der Waals surface area contributed by atoms with Gasteiger partial charge >= 0.3 is 5.97 Å². The van der Waals surface area contributed by atoms with Crippen LogP contribution in [0.25, 0.3) is 5.57 Å². The molecule has 5 rings (SSSR count). The lowest BCUT2D eigenvalue weighted by Gasteiger charge is -2.38. The third-order valence-electron chi connectivity index (χ3n) is 7.25. The zero-order chi connectivity index (χ0) is 26.7. The molecule has 0 spiro atoms. The summed E-state index contributed by atoms with van der Waals surface area (Å²) in [7, 11) is 0. The third-order valence-corrected chi connectivity index (χ3v) is 7.50. The summed E-state index contributed by atoms with van der Waals surface area (Å²) in [6, 6.07) is 11.4. The maximum absolute atomic E-state index is 12.9. The number of carbonyl (C=O) groups is 1. The van der Waals surface area contributed by atoms with Crippen molar-refractivity contribution in [1.82, 2.24) is 9.88 Å². The first-order valence-electron chi connectivity index (χ1n) is 13.2. The van der Waals surface area contributed by atoms with Gasteiger partial charge in [-0.2, -0.15) is 0 Å². The molecule has 6 nitrogen and oxygen atoms in total. The first kappa shape index (κ1) is 26.4. The average Bonchev–Trinajstić information content (AvgIpc) is 3.06. The Morgan fingerprint density at radius 1 is 1.26 bits per heavy atom. The average molecular weight is 533 g/mol. The number of ether oxygens (including phenoxy) is 2. The molecule has 1 aliphatic carbocycles. The SMILES string of the molecule is CC(C)OC(=O)C1C=CC=C2Oc3ncccc3C(=CCCN3CCC(O)(c4ccc(Cl)cc4)CC3)C=C21. The van der Waals surface area contributed by atoms with E-state index in [2.05, 4.69) is 16.0 Å². The van der Waals surface area contributed by atoms with Gasteiger partial charge in [0.05, 0.1) is 11.7 Å².